The zero-order valence-corrected chi connectivity index (χ0v) is 14.4. The number of aryl methyl sites for hydroxylation is 2. The van der Waals surface area contributed by atoms with E-state index in [1.165, 1.54) is 6.07 Å². The number of carbonyl (C=O) groups excluding carboxylic acids is 1. The monoisotopic (exact) mass is 337 g/mol. The van der Waals surface area contributed by atoms with E-state index in [4.69, 9.17) is 9.15 Å². The summed E-state index contributed by atoms with van der Waals surface area (Å²) in [6.45, 7) is 4.12. The molecule has 0 bridgehead atoms. The van der Waals surface area contributed by atoms with Crippen molar-refractivity contribution in [3.8, 4) is 5.75 Å². The number of rotatable bonds is 4. The minimum absolute atomic E-state index is 0.232. The molecule has 0 radical (unpaired) electrons. The SMILES string of the molecule is COc1cccc(C(=O)NCc2cc(=O)oc3c(C)c(C)ccc23)c1. The maximum absolute atomic E-state index is 12.4. The van der Waals surface area contributed by atoms with Crippen LogP contribution in [-0.4, -0.2) is 13.0 Å². The molecule has 1 heterocycles. The van der Waals surface area contributed by atoms with Gasteiger partial charge in [0, 0.05) is 23.6 Å². The van der Waals surface area contributed by atoms with E-state index < -0.39 is 5.63 Å². The first-order chi connectivity index (χ1) is 12.0. The Morgan fingerprint density at radius 1 is 1.16 bits per heavy atom. The van der Waals surface area contributed by atoms with Gasteiger partial charge in [-0.3, -0.25) is 4.79 Å². The fourth-order valence-electron chi connectivity index (χ4n) is 2.71. The van der Waals surface area contributed by atoms with Crippen LogP contribution in [0.4, 0.5) is 0 Å². The van der Waals surface area contributed by atoms with E-state index in [9.17, 15) is 9.59 Å². The Morgan fingerprint density at radius 3 is 2.72 bits per heavy atom. The van der Waals surface area contributed by atoms with E-state index in [1.54, 1.807) is 31.4 Å². The summed E-state index contributed by atoms with van der Waals surface area (Å²) in [7, 11) is 1.55. The van der Waals surface area contributed by atoms with E-state index in [0.717, 1.165) is 22.1 Å². The molecule has 0 spiro atoms. The summed E-state index contributed by atoms with van der Waals surface area (Å²) in [5, 5.41) is 3.67. The van der Waals surface area contributed by atoms with Crippen LogP contribution in [0, 0.1) is 13.8 Å². The van der Waals surface area contributed by atoms with Crippen LogP contribution in [0.15, 0.2) is 51.7 Å². The molecule has 1 aromatic heterocycles. The normalized spacial score (nSPS) is 10.7. The number of ether oxygens (including phenoxy) is 1. The number of hydrogen-bond acceptors (Lipinski definition) is 4. The summed E-state index contributed by atoms with van der Waals surface area (Å²) >= 11 is 0. The van der Waals surface area contributed by atoms with E-state index >= 15 is 0 Å². The van der Waals surface area contributed by atoms with Gasteiger partial charge in [-0.1, -0.05) is 18.2 Å². The van der Waals surface area contributed by atoms with Crippen molar-refractivity contribution in [1.29, 1.82) is 0 Å². The van der Waals surface area contributed by atoms with Gasteiger partial charge in [-0.2, -0.15) is 0 Å². The number of hydrogen-bond donors (Lipinski definition) is 1. The summed E-state index contributed by atoms with van der Waals surface area (Å²) in [6.07, 6.45) is 0. The second-order valence-electron chi connectivity index (χ2n) is 5.89. The zero-order valence-electron chi connectivity index (χ0n) is 14.4. The highest BCUT2D eigenvalue weighted by molar-refractivity contribution is 5.95. The number of amides is 1. The van der Waals surface area contributed by atoms with Crippen molar-refractivity contribution in [2.75, 3.05) is 7.11 Å². The molecule has 1 amide bonds. The summed E-state index contributed by atoms with van der Waals surface area (Å²) in [5.41, 5.74) is 3.35. The van der Waals surface area contributed by atoms with Crippen LogP contribution in [0.1, 0.15) is 27.0 Å². The van der Waals surface area contributed by atoms with Gasteiger partial charge in [-0.05, 0) is 48.7 Å². The first-order valence-electron chi connectivity index (χ1n) is 7.95. The van der Waals surface area contributed by atoms with Crippen LogP contribution in [-0.2, 0) is 6.54 Å². The summed E-state index contributed by atoms with van der Waals surface area (Å²) in [4.78, 5) is 24.2. The molecule has 3 aromatic rings. The highest BCUT2D eigenvalue weighted by atomic mass is 16.5. The molecule has 0 fully saturated rings. The Hall–Kier alpha value is -3.08. The second-order valence-corrected chi connectivity index (χ2v) is 5.89. The Bertz CT molecular complexity index is 1000. The molecule has 128 valence electrons. The van der Waals surface area contributed by atoms with E-state index in [2.05, 4.69) is 5.32 Å². The van der Waals surface area contributed by atoms with Crippen molar-refractivity contribution in [1.82, 2.24) is 5.32 Å². The number of carbonyl (C=O) groups is 1. The predicted octanol–water partition coefficient (Wildman–Crippen LogP) is 3.35. The average Bonchev–Trinajstić information content (AvgIpc) is 2.62. The molecule has 0 saturated heterocycles. The van der Waals surface area contributed by atoms with Crippen molar-refractivity contribution >= 4 is 16.9 Å². The topological polar surface area (TPSA) is 68.5 Å². The number of nitrogens with one attached hydrogen (secondary N) is 1. The zero-order chi connectivity index (χ0) is 18.0. The van der Waals surface area contributed by atoms with Crippen LogP contribution in [0.2, 0.25) is 0 Å². The summed E-state index contributed by atoms with van der Waals surface area (Å²) in [6, 6.07) is 12.2. The second kappa shape index (κ2) is 6.81. The minimum Gasteiger partial charge on any atom is -0.497 e. The van der Waals surface area contributed by atoms with Gasteiger partial charge in [0.2, 0.25) is 0 Å². The third kappa shape index (κ3) is 3.40. The van der Waals surface area contributed by atoms with E-state index in [0.29, 0.717) is 16.9 Å². The van der Waals surface area contributed by atoms with Crippen LogP contribution < -0.4 is 15.7 Å². The van der Waals surface area contributed by atoms with Crippen LogP contribution in [0.5, 0.6) is 5.75 Å². The molecule has 5 heteroatoms. The van der Waals surface area contributed by atoms with Gasteiger partial charge in [0.1, 0.15) is 11.3 Å². The highest BCUT2D eigenvalue weighted by Gasteiger charge is 2.11. The fourth-order valence-corrected chi connectivity index (χ4v) is 2.71. The number of benzene rings is 2. The van der Waals surface area contributed by atoms with Crippen LogP contribution >= 0.6 is 0 Å². The minimum atomic E-state index is -0.424. The smallest absolute Gasteiger partial charge is 0.336 e. The molecule has 2 aromatic carbocycles. The van der Waals surface area contributed by atoms with E-state index in [1.807, 2.05) is 26.0 Å². The Balaban J connectivity index is 1.89. The summed E-state index contributed by atoms with van der Waals surface area (Å²) < 4.78 is 10.5. The lowest BCUT2D eigenvalue weighted by Gasteiger charge is -2.10. The fraction of sp³-hybridized carbons (Fsp3) is 0.200. The Kier molecular flexibility index (Phi) is 4.57. The maximum atomic E-state index is 12.4. The lowest BCUT2D eigenvalue weighted by atomic mass is 10.0. The molecule has 3 rings (SSSR count). The Labute approximate surface area is 145 Å². The van der Waals surface area contributed by atoms with Crippen LogP contribution in [0.25, 0.3) is 11.0 Å². The molecule has 0 aliphatic carbocycles. The molecular weight excluding hydrogens is 318 g/mol. The highest BCUT2D eigenvalue weighted by Crippen LogP contribution is 2.23. The van der Waals surface area contributed by atoms with Gasteiger partial charge in [-0.25, -0.2) is 4.79 Å². The van der Waals surface area contributed by atoms with Gasteiger partial charge >= 0.3 is 5.63 Å². The molecule has 1 N–H and O–H groups in total. The Morgan fingerprint density at radius 2 is 1.96 bits per heavy atom. The van der Waals surface area contributed by atoms with Gasteiger partial charge < -0.3 is 14.5 Å². The van der Waals surface area contributed by atoms with Gasteiger partial charge in [0.25, 0.3) is 5.91 Å². The third-order valence-corrected chi connectivity index (χ3v) is 4.29. The average molecular weight is 337 g/mol. The molecule has 25 heavy (non-hydrogen) atoms. The molecule has 5 nitrogen and oxygen atoms in total. The quantitative estimate of drug-likeness (QED) is 0.741. The van der Waals surface area contributed by atoms with Crippen molar-refractivity contribution in [2.24, 2.45) is 0 Å². The van der Waals surface area contributed by atoms with Crippen molar-refractivity contribution in [3.63, 3.8) is 0 Å². The van der Waals surface area contributed by atoms with Gasteiger partial charge in [-0.15, -0.1) is 0 Å². The molecular formula is C20H19NO4. The molecule has 0 saturated carbocycles. The van der Waals surface area contributed by atoms with E-state index in [-0.39, 0.29) is 12.5 Å². The molecule has 0 aliphatic rings. The van der Waals surface area contributed by atoms with Gasteiger partial charge in [0.15, 0.2) is 0 Å². The lowest BCUT2D eigenvalue weighted by molar-refractivity contribution is 0.0950. The maximum Gasteiger partial charge on any atom is 0.336 e. The predicted molar refractivity (Wildman–Crippen MR) is 96.1 cm³/mol. The first-order valence-corrected chi connectivity index (χ1v) is 7.95. The summed E-state index contributed by atoms with van der Waals surface area (Å²) in [5.74, 6) is 0.383. The first kappa shape index (κ1) is 16.8. The number of methoxy groups -OCH3 is 1. The van der Waals surface area contributed by atoms with Crippen LogP contribution in [0.3, 0.4) is 0 Å². The largest absolute Gasteiger partial charge is 0.497 e. The number of fused-ring (bicyclic) bond motifs is 1. The van der Waals surface area contributed by atoms with Gasteiger partial charge in [0.05, 0.1) is 7.11 Å². The standard InChI is InChI=1S/C20H19NO4/c1-12-7-8-17-15(10-18(22)25-19(17)13(12)2)11-21-20(23)14-5-4-6-16(9-14)24-3/h4-10H,11H2,1-3H3,(H,21,23). The van der Waals surface area contributed by atoms with Crippen molar-refractivity contribution in [2.45, 2.75) is 20.4 Å². The molecule has 0 atom stereocenters. The molecule has 0 aliphatic heterocycles. The lowest BCUT2D eigenvalue weighted by Crippen LogP contribution is -2.23. The third-order valence-electron chi connectivity index (χ3n) is 4.29. The van der Waals surface area contributed by atoms with Crippen molar-refractivity contribution in [3.05, 3.63) is 75.1 Å². The van der Waals surface area contributed by atoms with Crippen molar-refractivity contribution < 1.29 is 13.9 Å². The molecule has 0 unspecified atom stereocenters.